The van der Waals surface area contributed by atoms with Crippen molar-refractivity contribution in [3.8, 4) is 0 Å². The molecule has 2 heteroatoms. The zero-order valence-electron chi connectivity index (χ0n) is 16.2. The van der Waals surface area contributed by atoms with Crippen LogP contribution in [0.25, 0.3) is 5.57 Å². The fourth-order valence-corrected chi connectivity index (χ4v) is 3.88. The molecule has 134 valence electrons. The normalized spacial score (nSPS) is 18.1. The Morgan fingerprint density at radius 1 is 1.04 bits per heavy atom. The zero-order chi connectivity index (χ0) is 18.4. The summed E-state index contributed by atoms with van der Waals surface area (Å²) in [5, 5.41) is 0. The summed E-state index contributed by atoms with van der Waals surface area (Å²) in [5.41, 5.74) is 5.65. The lowest BCUT2D eigenvalue weighted by atomic mass is 9.85. The molecule has 25 heavy (non-hydrogen) atoms. The van der Waals surface area contributed by atoms with E-state index in [2.05, 4.69) is 45.9 Å². The van der Waals surface area contributed by atoms with Crippen LogP contribution in [0.15, 0.2) is 58.9 Å². The van der Waals surface area contributed by atoms with Crippen molar-refractivity contribution in [2.45, 2.75) is 53.4 Å². The Kier molecular flexibility index (Phi) is 6.81. The molecule has 1 aromatic rings. The topological polar surface area (TPSA) is 26.3 Å². The predicted molar refractivity (Wildman–Crippen MR) is 105 cm³/mol. The zero-order valence-corrected chi connectivity index (χ0v) is 16.2. The van der Waals surface area contributed by atoms with Crippen LogP contribution in [0.4, 0.5) is 0 Å². The van der Waals surface area contributed by atoms with E-state index in [0.717, 1.165) is 48.2 Å². The lowest BCUT2D eigenvalue weighted by Gasteiger charge is -2.20. The van der Waals surface area contributed by atoms with Crippen LogP contribution in [0.1, 0.15) is 58.9 Å². The first-order chi connectivity index (χ1) is 12.1. The molecule has 0 aliphatic heterocycles. The summed E-state index contributed by atoms with van der Waals surface area (Å²) in [6, 6.07) is 10.3. The van der Waals surface area contributed by atoms with Gasteiger partial charge in [0.25, 0.3) is 0 Å². The maximum atomic E-state index is 13.4. The van der Waals surface area contributed by atoms with E-state index < -0.39 is 0 Å². The van der Waals surface area contributed by atoms with E-state index in [1.807, 2.05) is 18.2 Å². The van der Waals surface area contributed by atoms with Crippen LogP contribution < -0.4 is 0 Å². The van der Waals surface area contributed by atoms with Crippen molar-refractivity contribution in [3.63, 3.8) is 0 Å². The highest BCUT2D eigenvalue weighted by Gasteiger charge is 2.39. The van der Waals surface area contributed by atoms with Crippen molar-refractivity contribution in [1.29, 1.82) is 0 Å². The monoisotopic (exact) mass is 338 g/mol. The summed E-state index contributed by atoms with van der Waals surface area (Å²) >= 11 is 0. The average molecular weight is 338 g/mol. The number of ketones is 1. The van der Waals surface area contributed by atoms with Crippen LogP contribution in [0.2, 0.25) is 0 Å². The number of methoxy groups -OCH3 is 1. The number of hydrogen-bond acceptors (Lipinski definition) is 2. The number of rotatable bonds is 8. The number of ether oxygens (including phenoxy) is 1. The molecule has 0 N–H and O–H groups in total. The Morgan fingerprint density at radius 3 is 2.16 bits per heavy atom. The lowest BCUT2D eigenvalue weighted by Crippen LogP contribution is -2.20. The molecular weight excluding hydrogens is 308 g/mol. The van der Waals surface area contributed by atoms with E-state index in [0.29, 0.717) is 0 Å². The number of allylic oxidation sites excluding steroid dienone is 5. The fourth-order valence-electron chi connectivity index (χ4n) is 3.88. The van der Waals surface area contributed by atoms with Crippen LogP contribution >= 0.6 is 0 Å². The van der Waals surface area contributed by atoms with E-state index in [9.17, 15) is 4.79 Å². The lowest BCUT2D eigenvalue weighted by molar-refractivity contribution is -0.117. The maximum absolute atomic E-state index is 13.4. The molecule has 0 heterocycles. The van der Waals surface area contributed by atoms with Crippen molar-refractivity contribution < 1.29 is 9.53 Å². The molecule has 0 bridgehead atoms. The number of Topliss-reactive ketones (excluding diaryl/α,β-unsaturated/α-hetero) is 1. The van der Waals surface area contributed by atoms with Gasteiger partial charge in [-0.15, -0.1) is 0 Å². The smallest absolute Gasteiger partial charge is 0.173 e. The molecule has 0 saturated heterocycles. The molecule has 0 fully saturated rings. The van der Waals surface area contributed by atoms with Gasteiger partial charge in [0.1, 0.15) is 11.7 Å². The van der Waals surface area contributed by atoms with Crippen LogP contribution in [0.3, 0.4) is 0 Å². The highest BCUT2D eigenvalue weighted by molar-refractivity contribution is 6.08. The van der Waals surface area contributed by atoms with Crippen molar-refractivity contribution >= 4 is 11.4 Å². The van der Waals surface area contributed by atoms with Gasteiger partial charge in [0.05, 0.1) is 7.11 Å². The fraction of sp³-hybridized carbons (Fsp3) is 0.435. The molecule has 0 spiro atoms. The van der Waals surface area contributed by atoms with Crippen molar-refractivity contribution in [3.05, 3.63) is 64.4 Å². The van der Waals surface area contributed by atoms with Gasteiger partial charge in [-0.1, -0.05) is 64.1 Å². The Bertz CT molecular complexity index is 705. The highest BCUT2D eigenvalue weighted by Crippen LogP contribution is 2.47. The predicted octanol–water partition coefficient (Wildman–Crippen LogP) is 6.11. The van der Waals surface area contributed by atoms with E-state index >= 15 is 0 Å². The van der Waals surface area contributed by atoms with E-state index in [1.54, 1.807) is 7.11 Å². The summed E-state index contributed by atoms with van der Waals surface area (Å²) in [7, 11) is 1.70. The molecule has 1 unspecified atom stereocenters. The van der Waals surface area contributed by atoms with Crippen molar-refractivity contribution in [2.75, 3.05) is 7.11 Å². The Balaban J connectivity index is 2.67. The van der Waals surface area contributed by atoms with E-state index in [4.69, 9.17) is 4.74 Å². The molecule has 1 atom stereocenters. The number of carbonyl (C=O) groups excluding carboxylic acids is 1. The highest BCUT2D eigenvalue weighted by atomic mass is 16.5. The molecule has 0 aromatic heterocycles. The third kappa shape index (κ3) is 3.63. The second-order valence-electron chi connectivity index (χ2n) is 6.30. The average Bonchev–Trinajstić information content (AvgIpc) is 2.99. The molecule has 1 aliphatic carbocycles. The summed E-state index contributed by atoms with van der Waals surface area (Å²) in [6.07, 6.45) is 5.48. The second-order valence-corrected chi connectivity index (χ2v) is 6.30. The molecule has 0 saturated carbocycles. The molecule has 0 amide bonds. The minimum atomic E-state index is -0.310. The summed E-state index contributed by atoms with van der Waals surface area (Å²) in [5.74, 6) is 0.725. The third-order valence-corrected chi connectivity index (χ3v) is 4.96. The SMILES string of the molecule is CC/C=C(\CC)C(=O)C1C(OC)=C(CC)C(CC)=C1c1ccccc1. The minimum Gasteiger partial charge on any atom is -0.500 e. The number of benzene rings is 1. The Hall–Kier alpha value is -2.09. The first-order valence-electron chi connectivity index (χ1n) is 9.43. The van der Waals surface area contributed by atoms with Crippen LogP contribution in [-0.2, 0) is 9.53 Å². The van der Waals surface area contributed by atoms with Crippen LogP contribution in [0.5, 0.6) is 0 Å². The van der Waals surface area contributed by atoms with Crippen LogP contribution in [-0.4, -0.2) is 12.9 Å². The van der Waals surface area contributed by atoms with Gasteiger partial charge < -0.3 is 4.74 Å². The van der Waals surface area contributed by atoms with Gasteiger partial charge in [-0.25, -0.2) is 0 Å². The van der Waals surface area contributed by atoms with Gasteiger partial charge in [0.15, 0.2) is 5.78 Å². The van der Waals surface area contributed by atoms with Crippen LogP contribution in [0, 0.1) is 5.92 Å². The molecular formula is C23H30O2. The summed E-state index contributed by atoms with van der Waals surface area (Å²) < 4.78 is 5.79. The van der Waals surface area contributed by atoms with Gasteiger partial charge in [0.2, 0.25) is 0 Å². The number of carbonyl (C=O) groups is 1. The minimum absolute atomic E-state index is 0.189. The molecule has 2 nitrogen and oxygen atoms in total. The van der Waals surface area contributed by atoms with Crippen molar-refractivity contribution in [1.82, 2.24) is 0 Å². The molecule has 1 aliphatic rings. The first-order valence-corrected chi connectivity index (χ1v) is 9.43. The van der Waals surface area contributed by atoms with Crippen molar-refractivity contribution in [2.24, 2.45) is 5.92 Å². The van der Waals surface area contributed by atoms with Gasteiger partial charge >= 0.3 is 0 Å². The molecule has 1 aromatic carbocycles. The van der Waals surface area contributed by atoms with Gasteiger partial charge in [-0.05, 0) is 53.5 Å². The van der Waals surface area contributed by atoms with Gasteiger partial charge in [-0.2, -0.15) is 0 Å². The Labute approximate surface area is 152 Å². The Morgan fingerprint density at radius 2 is 1.68 bits per heavy atom. The summed E-state index contributed by atoms with van der Waals surface area (Å²) in [4.78, 5) is 13.4. The van der Waals surface area contributed by atoms with E-state index in [1.165, 1.54) is 11.1 Å². The largest absolute Gasteiger partial charge is 0.500 e. The summed E-state index contributed by atoms with van der Waals surface area (Å²) in [6.45, 7) is 8.43. The maximum Gasteiger partial charge on any atom is 0.173 e. The van der Waals surface area contributed by atoms with E-state index in [-0.39, 0.29) is 11.7 Å². The quantitative estimate of drug-likeness (QED) is 0.535. The first kappa shape index (κ1) is 19.2. The van der Waals surface area contributed by atoms with Gasteiger partial charge in [0, 0.05) is 0 Å². The molecule has 2 rings (SSSR count). The number of hydrogen-bond donors (Lipinski definition) is 0. The molecule has 0 radical (unpaired) electrons. The third-order valence-electron chi connectivity index (χ3n) is 4.96. The standard InChI is InChI=1S/C23H30O2/c1-6-13-16(7-2)22(24)21-20(17-14-11-10-12-15-17)18(8-3)19(9-4)23(21)25-5/h10-15,21H,6-9H2,1-5H3/b16-13+. The second kappa shape index (κ2) is 8.84. The van der Waals surface area contributed by atoms with Gasteiger partial charge in [-0.3, -0.25) is 4.79 Å².